The Labute approximate surface area is 132 Å². The third-order valence-corrected chi connectivity index (χ3v) is 3.86. The van der Waals surface area contributed by atoms with Crippen molar-refractivity contribution in [3.05, 3.63) is 53.1 Å². The van der Waals surface area contributed by atoms with Gasteiger partial charge < -0.3 is 9.80 Å². The summed E-state index contributed by atoms with van der Waals surface area (Å²) in [5, 5.41) is -0.0397. The van der Waals surface area contributed by atoms with Crippen molar-refractivity contribution in [3.63, 3.8) is 0 Å². The summed E-state index contributed by atoms with van der Waals surface area (Å²) in [5.74, 6) is -0.000724. The molecule has 1 fully saturated rings. The largest absolute Gasteiger partial charge is 0.337 e. The molecule has 0 atom stereocenters. The van der Waals surface area contributed by atoms with E-state index >= 15 is 0 Å². The van der Waals surface area contributed by atoms with Crippen LogP contribution in [0.25, 0.3) is 0 Å². The van der Waals surface area contributed by atoms with Crippen molar-refractivity contribution in [2.24, 2.45) is 0 Å². The highest BCUT2D eigenvalue weighted by atomic mass is 35.5. The molecule has 2 heterocycles. The number of nitrogens with zero attached hydrogens (tertiary/aromatic N) is 4. The smallest absolute Gasteiger partial charge is 0.254 e. The van der Waals surface area contributed by atoms with Crippen molar-refractivity contribution >= 4 is 23.5 Å². The molecule has 1 aliphatic heterocycles. The van der Waals surface area contributed by atoms with Crippen LogP contribution < -0.4 is 4.90 Å². The third-order valence-electron chi connectivity index (χ3n) is 3.57. The molecule has 3 rings (SSSR count). The second-order valence-corrected chi connectivity index (χ2v) is 5.36. The van der Waals surface area contributed by atoms with Crippen LogP contribution in [-0.4, -0.2) is 47.0 Å². The quantitative estimate of drug-likeness (QED) is 0.851. The van der Waals surface area contributed by atoms with Gasteiger partial charge in [-0.3, -0.25) is 4.79 Å². The van der Waals surface area contributed by atoms with E-state index < -0.39 is 5.82 Å². The Morgan fingerprint density at radius 1 is 1.14 bits per heavy atom. The minimum absolute atomic E-state index is 0.0397. The van der Waals surface area contributed by atoms with Crippen LogP contribution in [0.4, 0.5) is 10.3 Å². The van der Waals surface area contributed by atoms with Crippen LogP contribution >= 0.6 is 11.6 Å². The van der Waals surface area contributed by atoms with Gasteiger partial charge in [-0.2, -0.15) is 0 Å². The topological polar surface area (TPSA) is 49.3 Å². The molecular weight excluding hydrogens is 307 g/mol. The second kappa shape index (κ2) is 6.27. The molecule has 2 aromatic rings. The number of amides is 1. The first-order valence-corrected chi connectivity index (χ1v) is 7.29. The Morgan fingerprint density at radius 3 is 2.45 bits per heavy atom. The van der Waals surface area contributed by atoms with Gasteiger partial charge in [0.1, 0.15) is 5.82 Å². The zero-order valence-corrected chi connectivity index (χ0v) is 12.5. The van der Waals surface area contributed by atoms with E-state index in [1.165, 1.54) is 18.2 Å². The molecule has 0 aliphatic carbocycles. The van der Waals surface area contributed by atoms with Gasteiger partial charge in [0.25, 0.3) is 5.91 Å². The third kappa shape index (κ3) is 3.01. The number of halogens is 2. The Morgan fingerprint density at radius 2 is 1.82 bits per heavy atom. The summed E-state index contributed by atoms with van der Waals surface area (Å²) in [6.07, 6.45) is 3.39. The normalized spacial score (nSPS) is 15.0. The first-order chi connectivity index (χ1) is 10.6. The Balaban J connectivity index is 1.66. The molecule has 0 unspecified atom stereocenters. The van der Waals surface area contributed by atoms with E-state index in [9.17, 15) is 9.18 Å². The lowest BCUT2D eigenvalue weighted by Crippen LogP contribution is -2.49. The molecule has 1 amide bonds. The Bertz CT molecular complexity index is 674. The van der Waals surface area contributed by atoms with Crippen LogP contribution in [0.15, 0.2) is 36.7 Å². The fraction of sp³-hybridized carbons (Fsp3) is 0.267. The van der Waals surface area contributed by atoms with Crippen LogP contribution in [0.2, 0.25) is 5.02 Å². The maximum Gasteiger partial charge on any atom is 0.254 e. The maximum absolute atomic E-state index is 13.2. The van der Waals surface area contributed by atoms with E-state index in [0.717, 1.165) is 0 Å². The number of piperazine rings is 1. The van der Waals surface area contributed by atoms with Crippen molar-refractivity contribution in [2.75, 3.05) is 31.1 Å². The average Bonchev–Trinajstić information content (AvgIpc) is 2.58. The Hall–Kier alpha value is -2.21. The summed E-state index contributed by atoms with van der Waals surface area (Å²) in [7, 11) is 0. The molecule has 0 spiro atoms. The highest BCUT2D eigenvalue weighted by molar-refractivity contribution is 6.31. The zero-order chi connectivity index (χ0) is 15.5. The molecule has 22 heavy (non-hydrogen) atoms. The number of hydrogen-bond donors (Lipinski definition) is 0. The molecule has 0 N–H and O–H groups in total. The van der Waals surface area contributed by atoms with Crippen LogP contribution in [0.3, 0.4) is 0 Å². The van der Waals surface area contributed by atoms with Crippen molar-refractivity contribution < 1.29 is 9.18 Å². The first-order valence-electron chi connectivity index (χ1n) is 6.91. The average molecular weight is 321 g/mol. The number of aromatic nitrogens is 2. The number of benzene rings is 1. The molecular formula is C15H14ClFN4O. The van der Waals surface area contributed by atoms with Crippen molar-refractivity contribution in [1.29, 1.82) is 0 Å². The van der Waals surface area contributed by atoms with Crippen molar-refractivity contribution in [1.82, 2.24) is 14.9 Å². The van der Waals surface area contributed by atoms with Gasteiger partial charge in [0.05, 0.1) is 5.02 Å². The molecule has 1 aromatic heterocycles. The molecule has 7 heteroatoms. The SMILES string of the molecule is O=C(c1ccc(F)c(Cl)c1)N1CCN(c2ncccn2)CC1. The molecule has 1 aliphatic rings. The van der Waals surface area contributed by atoms with Crippen molar-refractivity contribution in [2.45, 2.75) is 0 Å². The van der Waals surface area contributed by atoms with Gasteiger partial charge in [0.15, 0.2) is 0 Å². The highest BCUT2D eigenvalue weighted by Crippen LogP contribution is 2.18. The van der Waals surface area contributed by atoms with E-state index in [2.05, 4.69) is 9.97 Å². The van der Waals surface area contributed by atoms with E-state index in [4.69, 9.17) is 11.6 Å². The summed E-state index contributed by atoms with van der Waals surface area (Å²) >= 11 is 5.73. The second-order valence-electron chi connectivity index (χ2n) is 4.96. The van der Waals surface area contributed by atoms with Gasteiger partial charge in [-0.1, -0.05) is 11.6 Å². The van der Waals surface area contributed by atoms with Crippen LogP contribution in [0.1, 0.15) is 10.4 Å². The van der Waals surface area contributed by atoms with Crippen LogP contribution in [-0.2, 0) is 0 Å². The highest BCUT2D eigenvalue weighted by Gasteiger charge is 2.23. The van der Waals surface area contributed by atoms with E-state index in [0.29, 0.717) is 37.7 Å². The lowest BCUT2D eigenvalue weighted by atomic mass is 10.2. The minimum atomic E-state index is -0.524. The minimum Gasteiger partial charge on any atom is -0.337 e. The van der Waals surface area contributed by atoms with Gasteiger partial charge >= 0.3 is 0 Å². The number of anilines is 1. The number of carbonyl (C=O) groups excluding carboxylic acids is 1. The number of hydrogen-bond acceptors (Lipinski definition) is 4. The summed E-state index contributed by atoms with van der Waals surface area (Å²) in [4.78, 5) is 24.6. The van der Waals surface area contributed by atoms with Gasteiger partial charge in [-0.15, -0.1) is 0 Å². The molecule has 1 aromatic carbocycles. The summed E-state index contributed by atoms with van der Waals surface area (Å²) in [6, 6.07) is 5.80. The van der Waals surface area contributed by atoms with Crippen LogP contribution in [0, 0.1) is 5.82 Å². The molecule has 0 saturated carbocycles. The molecule has 1 saturated heterocycles. The summed E-state index contributed by atoms with van der Waals surface area (Å²) in [5.41, 5.74) is 0.399. The predicted octanol–water partition coefficient (Wildman–Crippen LogP) is 2.23. The van der Waals surface area contributed by atoms with Gasteiger partial charge in [-0.05, 0) is 24.3 Å². The lowest BCUT2D eigenvalue weighted by molar-refractivity contribution is 0.0746. The fourth-order valence-electron chi connectivity index (χ4n) is 2.38. The molecule has 114 valence electrons. The monoisotopic (exact) mass is 320 g/mol. The zero-order valence-electron chi connectivity index (χ0n) is 11.7. The molecule has 0 bridgehead atoms. The standard InChI is InChI=1S/C15H14ClFN4O/c16-12-10-11(2-3-13(12)17)14(22)20-6-8-21(9-7-20)15-18-4-1-5-19-15/h1-5,10H,6-9H2. The molecule has 5 nitrogen and oxygen atoms in total. The maximum atomic E-state index is 13.2. The van der Waals surface area contributed by atoms with Gasteiger partial charge in [0.2, 0.25) is 5.95 Å². The van der Waals surface area contributed by atoms with E-state index in [-0.39, 0.29) is 10.9 Å². The van der Waals surface area contributed by atoms with Gasteiger partial charge in [-0.25, -0.2) is 14.4 Å². The molecule has 0 radical (unpaired) electrons. The Kier molecular flexibility index (Phi) is 4.20. The number of rotatable bonds is 2. The summed E-state index contributed by atoms with van der Waals surface area (Å²) < 4.78 is 13.2. The number of carbonyl (C=O) groups is 1. The predicted molar refractivity (Wildman–Crippen MR) is 81.6 cm³/mol. The fourth-order valence-corrected chi connectivity index (χ4v) is 2.56. The first kappa shape index (κ1) is 14.7. The van der Waals surface area contributed by atoms with E-state index in [1.807, 2.05) is 4.90 Å². The van der Waals surface area contributed by atoms with Crippen molar-refractivity contribution in [3.8, 4) is 0 Å². The van der Waals surface area contributed by atoms with Crippen LogP contribution in [0.5, 0.6) is 0 Å². The summed E-state index contributed by atoms with van der Waals surface area (Å²) in [6.45, 7) is 2.44. The van der Waals surface area contributed by atoms with Gasteiger partial charge in [0, 0.05) is 44.1 Å². The van der Waals surface area contributed by atoms with E-state index in [1.54, 1.807) is 23.4 Å². The lowest BCUT2D eigenvalue weighted by Gasteiger charge is -2.34.